The fraction of sp³-hybridized carbons (Fsp3) is 0.455. The van der Waals surface area contributed by atoms with Crippen molar-refractivity contribution in [3.05, 3.63) is 29.8 Å². The van der Waals surface area contributed by atoms with Crippen molar-refractivity contribution in [1.82, 2.24) is 0 Å². The molecular formula is C11H15ClO2S. The predicted molar refractivity (Wildman–Crippen MR) is 63.3 cm³/mol. The molecule has 1 rings (SSSR count). The standard InChI is InChI=1S/C11H15ClO2S/c1-8(9(2)12)10-6-4-5-7-11(10)15(3,13)14/h4-9H,1-3H3. The molecule has 84 valence electrons. The Hall–Kier alpha value is -0.540. The van der Waals surface area contributed by atoms with Crippen LogP contribution in [-0.2, 0) is 9.84 Å². The van der Waals surface area contributed by atoms with Gasteiger partial charge in [-0.15, -0.1) is 11.6 Å². The molecule has 2 atom stereocenters. The molecule has 0 bridgehead atoms. The molecule has 0 aliphatic heterocycles. The lowest BCUT2D eigenvalue weighted by atomic mass is 9.98. The molecule has 0 radical (unpaired) electrons. The van der Waals surface area contributed by atoms with Crippen molar-refractivity contribution >= 4 is 21.4 Å². The summed E-state index contributed by atoms with van der Waals surface area (Å²) in [6.45, 7) is 3.80. The minimum Gasteiger partial charge on any atom is -0.224 e. The quantitative estimate of drug-likeness (QED) is 0.769. The van der Waals surface area contributed by atoms with Gasteiger partial charge in [-0.25, -0.2) is 8.42 Å². The second kappa shape index (κ2) is 4.54. The van der Waals surface area contributed by atoms with E-state index in [1.165, 1.54) is 6.26 Å². The highest BCUT2D eigenvalue weighted by Gasteiger charge is 2.19. The maximum absolute atomic E-state index is 11.5. The first-order valence-electron chi connectivity index (χ1n) is 4.77. The van der Waals surface area contributed by atoms with Crippen LogP contribution in [-0.4, -0.2) is 20.1 Å². The van der Waals surface area contributed by atoms with E-state index in [4.69, 9.17) is 11.6 Å². The first-order valence-corrected chi connectivity index (χ1v) is 7.10. The minimum absolute atomic E-state index is 0.0255. The Labute approximate surface area is 96.2 Å². The van der Waals surface area contributed by atoms with Gasteiger partial charge in [0.2, 0.25) is 0 Å². The van der Waals surface area contributed by atoms with E-state index in [0.29, 0.717) is 4.90 Å². The molecule has 1 aromatic carbocycles. The van der Waals surface area contributed by atoms with Crippen LogP contribution in [0, 0.1) is 0 Å². The summed E-state index contributed by atoms with van der Waals surface area (Å²) in [5.41, 5.74) is 0.794. The third kappa shape index (κ3) is 2.95. The van der Waals surface area contributed by atoms with E-state index < -0.39 is 9.84 Å². The molecule has 0 spiro atoms. The zero-order valence-electron chi connectivity index (χ0n) is 9.07. The van der Waals surface area contributed by atoms with E-state index in [-0.39, 0.29) is 11.3 Å². The van der Waals surface area contributed by atoms with Crippen LogP contribution in [0.5, 0.6) is 0 Å². The number of sulfone groups is 1. The summed E-state index contributed by atoms with van der Waals surface area (Å²) in [5, 5.41) is -0.0899. The number of rotatable bonds is 3. The van der Waals surface area contributed by atoms with Crippen LogP contribution >= 0.6 is 11.6 Å². The van der Waals surface area contributed by atoms with Gasteiger partial charge in [-0.2, -0.15) is 0 Å². The van der Waals surface area contributed by atoms with Crippen molar-refractivity contribution < 1.29 is 8.42 Å². The van der Waals surface area contributed by atoms with Crippen LogP contribution in [0.1, 0.15) is 25.3 Å². The molecule has 0 N–H and O–H groups in total. The maximum atomic E-state index is 11.5. The number of hydrogen-bond donors (Lipinski definition) is 0. The predicted octanol–water partition coefficient (Wildman–Crippen LogP) is 2.82. The minimum atomic E-state index is -3.17. The molecule has 0 heterocycles. The van der Waals surface area contributed by atoms with Crippen molar-refractivity contribution in [1.29, 1.82) is 0 Å². The maximum Gasteiger partial charge on any atom is 0.175 e. The summed E-state index contributed by atoms with van der Waals surface area (Å²) >= 11 is 5.99. The van der Waals surface area contributed by atoms with E-state index in [0.717, 1.165) is 5.56 Å². The molecule has 0 saturated heterocycles. The number of hydrogen-bond acceptors (Lipinski definition) is 2. The molecule has 0 fully saturated rings. The Kier molecular flexibility index (Phi) is 3.79. The summed E-state index contributed by atoms with van der Waals surface area (Å²) in [6, 6.07) is 7.01. The van der Waals surface area contributed by atoms with Crippen molar-refractivity contribution in [2.75, 3.05) is 6.26 Å². The second-order valence-corrected chi connectivity index (χ2v) is 6.45. The van der Waals surface area contributed by atoms with Crippen LogP contribution in [0.25, 0.3) is 0 Å². The molecule has 2 unspecified atom stereocenters. The smallest absolute Gasteiger partial charge is 0.175 e. The van der Waals surface area contributed by atoms with Crippen LogP contribution < -0.4 is 0 Å². The Morgan fingerprint density at radius 1 is 1.20 bits per heavy atom. The van der Waals surface area contributed by atoms with E-state index in [1.54, 1.807) is 12.1 Å². The SMILES string of the molecule is CC(Cl)C(C)c1ccccc1S(C)(=O)=O. The van der Waals surface area contributed by atoms with Gasteiger partial charge < -0.3 is 0 Å². The molecule has 2 nitrogen and oxygen atoms in total. The summed E-state index contributed by atoms with van der Waals surface area (Å²) in [7, 11) is -3.17. The van der Waals surface area contributed by atoms with Gasteiger partial charge in [-0.3, -0.25) is 0 Å². The van der Waals surface area contributed by atoms with E-state index >= 15 is 0 Å². The van der Waals surface area contributed by atoms with Crippen molar-refractivity contribution in [2.24, 2.45) is 0 Å². The third-order valence-corrected chi connectivity index (χ3v) is 4.05. The fourth-order valence-corrected chi connectivity index (χ4v) is 2.59. The van der Waals surface area contributed by atoms with E-state index in [1.807, 2.05) is 26.0 Å². The molecule has 15 heavy (non-hydrogen) atoms. The summed E-state index contributed by atoms with van der Waals surface area (Å²) < 4.78 is 23.1. The van der Waals surface area contributed by atoms with Gasteiger partial charge in [0.05, 0.1) is 4.90 Å². The summed E-state index contributed by atoms with van der Waals surface area (Å²) in [4.78, 5) is 0.380. The van der Waals surface area contributed by atoms with Crippen molar-refractivity contribution in [2.45, 2.75) is 30.0 Å². The van der Waals surface area contributed by atoms with Gasteiger partial charge in [0.25, 0.3) is 0 Å². The normalized spacial score (nSPS) is 16.0. The number of alkyl halides is 1. The van der Waals surface area contributed by atoms with Crippen LogP contribution in [0.4, 0.5) is 0 Å². The number of benzene rings is 1. The Balaban J connectivity index is 3.31. The highest BCUT2D eigenvalue weighted by atomic mass is 35.5. The largest absolute Gasteiger partial charge is 0.224 e. The Morgan fingerprint density at radius 2 is 1.73 bits per heavy atom. The molecule has 0 aliphatic carbocycles. The number of halogens is 1. The Morgan fingerprint density at radius 3 is 2.20 bits per heavy atom. The molecule has 4 heteroatoms. The molecule has 0 amide bonds. The molecule has 1 aromatic rings. The monoisotopic (exact) mass is 246 g/mol. The average molecular weight is 247 g/mol. The highest BCUT2D eigenvalue weighted by molar-refractivity contribution is 7.90. The van der Waals surface area contributed by atoms with E-state index in [2.05, 4.69) is 0 Å². The lowest BCUT2D eigenvalue weighted by Crippen LogP contribution is -2.10. The van der Waals surface area contributed by atoms with Crippen LogP contribution in [0.3, 0.4) is 0 Å². The fourth-order valence-electron chi connectivity index (χ4n) is 1.44. The summed E-state index contributed by atoms with van der Waals surface area (Å²) in [5.74, 6) is 0.0255. The molecule has 0 aromatic heterocycles. The van der Waals surface area contributed by atoms with E-state index in [9.17, 15) is 8.42 Å². The topological polar surface area (TPSA) is 34.1 Å². The van der Waals surface area contributed by atoms with Crippen LogP contribution in [0.15, 0.2) is 29.2 Å². The zero-order valence-corrected chi connectivity index (χ0v) is 10.6. The van der Waals surface area contributed by atoms with Crippen molar-refractivity contribution in [3.8, 4) is 0 Å². The Bertz CT molecular complexity index is 438. The first kappa shape index (κ1) is 12.5. The van der Waals surface area contributed by atoms with Gasteiger partial charge in [-0.1, -0.05) is 25.1 Å². The van der Waals surface area contributed by atoms with Gasteiger partial charge in [0, 0.05) is 11.6 Å². The highest BCUT2D eigenvalue weighted by Crippen LogP contribution is 2.28. The summed E-state index contributed by atoms with van der Waals surface area (Å²) in [6.07, 6.45) is 1.22. The first-order chi connectivity index (χ1) is 6.84. The third-order valence-electron chi connectivity index (χ3n) is 2.50. The van der Waals surface area contributed by atoms with Gasteiger partial charge in [0.15, 0.2) is 9.84 Å². The van der Waals surface area contributed by atoms with Gasteiger partial charge in [0.1, 0.15) is 0 Å². The molecular weight excluding hydrogens is 232 g/mol. The molecule has 0 saturated carbocycles. The average Bonchev–Trinajstić information content (AvgIpc) is 2.15. The van der Waals surface area contributed by atoms with Crippen LogP contribution in [0.2, 0.25) is 0 Å². The molecule has 0 aliphatic rings. The lowest BCUT2D eigenvalue weighted by molar-refractivity contribution is 0.598. The van der Waals surface area contributed by atoms with Crippen molar-refractivity contribution in [3.63, 3.8) is 0 Å². The second-order valence-electron chi connectivity index (χ2n) is 3.78. The van der Waals surface area contributed by atoms with Gasteiger partial charge in [-0.05, 0) is 24.5 Å². The lowest BCUT2D eigenvalue weighted by Gasteiger charge is -2.17. The zero-order chi connectivity index (χ0) is 11.6. The van der Waals surface area contributed by atoms with Gasteiger partial charge >= 0.3 is 0 Å².